The second-order valence-corrected chi connectivity index (χ2v) is 7.20. The summed E-state index contributed by atoms with van der Waals surface area (Å²) in [5.41, 5.74) is 2.36. The standard InChI is InChI=1S/C17H15FN4S/c1-9-10-7-8-23-15(10)14(20-17(9,2)3)16-19-13-11(18)5-4-6-12(13)21-22-16/h4-9H,1-3H3. The Labute approximate surface area is 137 Å². The first-order valence-corrected chi connectivity index (χ1v) is 8.32. The zero-order valence-corrected chi connectivity index (χ0v) is 13.9. The van der Waals surface area contributed by atoms with Crippen molar-refractivity contribution >= 4 is 28.1 Å². The lowest BCUT2D eigenvalue weighted by Gasteiger charge is -2.33. The van der Waals surface area contributed by atoms with Gasteiger partial charge in [-0.1, -0.05) is 13.0 Å². The third-order valence-corrected chi connectivity index (χ3v) is 5.42. The predicted octanol–water partition coefficient (Wildman–Crippen LogP) is 3.96. The topological polar surface area (TPSA) is 51.0 Å². The molecule has 3 aromatic rings. The number of aromatic nitrogens is 3. The van der Waals surface area contributed by atoms with E-state index in [1.807, 2.05) is 5.38 Å². The molecule has 0 fully saturated rings. The largest absolute Gasteiger partial charge is 0.273 e. The van der Waals surface area contributed by atoms with Crippen molar-refractivity contribution in [3.05, 3.63) is 51.7 Å². The minimum atomic E-state index is -0.394. The molecule has 4 nitrogen and oxygen atoms in total. The molecule has 0 N–H and O–H groups in total. The van der Waals surface area contributed by atoms with E-state index in [1.54, 1.807) is 23.5 Å². The van der Waals surface area contributed by atoms with Crippen LogP contribution in [0.25, 0.3) is 11.0 Å². The van der Waals surface area contributed by atoms with Crippen LogP contribution in [0.2, 0.25) is 0 Å². The van der Waals surface area contributed by atoms with Crippen LogP contribution in [0.15, 0.2) is 34.6 Å². The zero-order valence-electron chi connectivity index (χ0n) is 13.0. The van der Waals surface area contributed by atoms with E-state index in [2.05, 4.69) is 42.0 Å². The van der Waals surface area contributed by atoms with Gasteiger partial charge >= 0.3 is 0 Å². The highest BCUT2D eigenvalue weighted by atomic mass is 32.1. The van der Waals surface area contributed by atoms with Gasteiger partial charge in [0.2, 0.25) is 5.82 Å². The van der Waals surface area contributed by atoms with Crippen LogP contribution in [-0.2, 0) is 0 Å². The maximum atomic E-state index is 14.0. The van der Waals surface area contributed by atoms with E-state index < -0.39 is 5.82 Å². The third kappa shape index (κ3) is 2.16. The summed E-state index contributed by atoms with van der Waals surface area (Å²) in [6, 6.07) is 6.81. The van der Waals surface area contributed by atoms with E-state index >= 15 is 0 Å². The number of halogens is 1. The molecule has 0 saturated carbocycles. The summed E-state index contributed by atoms with van der Waals surface area (Å²) in [6.07, 6.45) is 0. The molecule has 3 heterocycles. The second-order valence-electron chi connectivity index (χ2n) is 6.28. The molecule has 0 saturated heterocycles. The summed E-state index contributed by atoms with van der Waals surface area (Å²) >= 11 is 1.61. The number of nitrogens with zero attached hydrogens (tertiary/aromatic N) is 4. The van der Waals surface area contributed by atoms with Crippen LogP contribution >= 0.6 is 11.3 Å². The monoisotopic (exact) mass is 326 g/mol. The van der Waals surface area contributed by atoms with Gasteiger partial charge in [0, 0.05) is 5.92 Å². The van der Waals surface area contributed by atoms with Crippen LogP contribution in [0, 0.1) is 5.82 Å². The summed E-state index contributed by atoms with van der Waals surface area (Å²) in [4.78, 5) is 10.3. The molecule has 1 aliphatic heterocycles. The highest BCUT2D eigenvalue weighted by Crippen LogP contribution is 2.40. The number of para-hydroxylation sites is 1. The summed E-state index contributed by atoms with van der Waals surface area (Å²) < 4.78 is 14.0. The van der Waals surface area contributed by atoms with Crippen molar-refractivity contribution < 1.29 is 4.39 Å². The third-order valence-electron chi connectivity index (χ3n) is 4.48. The number of rotatable bonds is 1. The Balaban J connectivity index is 1.95. The molecule has 0 bridgehead atoms. The number of hydrogen-bond acceptors (Lipinski definition) is 5. The van der Waals surface area contributed by atoms with Gasteiger partial charge in [-0.25, -0.2) is 9.37 Å². The SMILES string of the molecule is CC1c2ccsc2C(c2nnc3cccc(F)c3n2)=NC1(C)C. The smallest absolute Gasteiger partial charge is 0.202 e. The van der Waals surface area contributed by atoms with Gasteiger partial charge < -0.3 is 0 Å². The van der Waals surface area contributed by atoms with Crippen LogP contribution in [0.5, 0.6) is 0 Å². The van der Waals surface area contributed by atoms with Gasteiger partial charge in [0.15, 0.2) is 5.82 Å². The first-order chi connectivity index (χ1) is 11.0. The van der Waals surface area contributed by atoms with Crippen molar-refractivity contribution in [2.75, 3.05) is 0 Å². The fraction of sp³-hybridized carbons (Fsp3) is 0.294. The number of aliphatic imine (C=N–C) groups is 1. The van der Waals surface area contributed by atoms with Gasteiger partial charge in [-0.15, -0.1) is 21.5 Å². The maximum absolute atomic E-state index is 14.0. The Morgan fingerprint density at radius 1 is 1.17 bits per heavy atom. The van der Waals surface area contributed by atoms with Crippen molar-refractivity contribution in [1.29, 1.82) is 0 Å². The molecule has 0 spiro atoms. The Bertz CT molecular complexity index is 945. The van der Waals surface area contributed by atoms with Gasteiger partial charge in [-0.3, -0.25) is 4.99 Å². The highest BCUT2D eigenvalue weighted by molar-refractivity contribution is 7.12. The molecule has 0 radical (unpaired) electrons. The van der Waals surface area contributed by atoms with E-state index in [0.29, 0.717) is 23.0 Å². The minimum absolute atomic E-state index is 0.231. The fourth-order valence-corrected chi connectivity index (χ4v) is 3.83. The van der Waals surface area contributed by atoms with E-state index in [4.69, 9.17) is 4.99 Å². The van der Waals surface area contributed by atoms with E-state index in [0.717, 1.165) is 4.88 Å². The van der Waals surface area contributed by atoms with Crippen LogP contribution in [-0.4, -0.2) is 26.4 Å². The second kappa shape index (κ2) is 4.89. The van der Waals surface area contributed by atoms with Gasteiger partial charge in [0.05, 0.1) is 10.4 Å². The molecule has 2 aromatic heterocycles. The van der Waals surface area contributed by atoms with Gasteiger partial charge in [-0.2, -0.15) is 0 Å². The van der Waals surface area contributed by atoms with Crippen LogP contribution in [0.4, 0.5) is 4.39 Å². The molecule has 116 valence electrons. The Morgan fingerprint density at radius 3 is 2.83 bits per heavy atom. The van der Waals surface area contributed by atoms with Crippen LogP contribution in [0.1, 0.15) is 43.0 Å². The molecule has 0 amide bonds. The number of hydrogen-bond donors (Lipinski definition) is 0. The quantitative estimate of drug-likeness (QED) is 0.680. The Morgan fingerprint density at radius 2 is 2.00 bits per heavy atom. The molecule has 1 aromatic carbocycles. The highest BCUT2D eigenvalue weighted by Gasteiger charge is 2.36. The predicted molar refractivity (Wildman–Crippen MR) is 89.7 cm³/mol. The minimum Gasteiger partial charge on any atom is -0.273 e. The summed E-state index contributed by atoms with van der Waals surface area (Å²) in [7, 11) is 0. The molecule has 1 aliphatic rings. The first-order valence-electron chi connectivity index (χ1n) is 7.44. The van der Waals surface area contributed by atoms with Crippen molar-refractivity contribution in [1.82, 2.24) is 15.2 Å². The van der Waals surface area contributed by atoms with Crippen molar-refractivity contribution in [2.45, 2.75) is 32.2 Å². The molecule has 1 atom stereocenters. The van der Waals surface area contributed by atoms with Crippen molar-refractivity contribution in [2.24, 2.45) is 4.99 Å². The first kappa shape index (κ1) is 14.4. The van der Waals surface area contributed by atoms with E-state index in [-0.39, 0.29) is 11.1 Å². The molecule has 23 heavy (non-hydrogen) atoms. The lowest BCUT2D eigenvalue weighted by Crippen LogP contribution is -2.32. The van der Waals surface area contributed by atoms with Gasteiger partial charge in [0.1, 0.15) is 16.7 Å². The zero-order chi connectivity index (χ0) is 16.2. The average Bonchev–Trinajstić information content (AvgIpc) is 3.01. The van der Waals surface area contributed by atoms with Gasteiger partial charge in [0.25, 0.3) is 0 Å². The Kier molecular flexibility index (Phi) is 3.06. The molecule has 1 unspecified atom stereocenters. The van der Waals surface area contributed by atoms with Crippen LogP contribution < -0.4 is 0 Å². The van der Waals surface area contributed by atoms with E-state index in [9.17, 15) is 4.39 Å². The number of fused-ring (bicyclic) bond motifs is 2. The lowest BCUT2D eigenvalue weighted by molar-refractivity contribution is 0.433. The van der Waals surface area contributed by atoms with Crippen LogP contribution in [0.3, 0.4) is 0 Å². The van der Waals surface area contributed by atoms with Gasteiger partial charge in [-0.05, 0) is 43.0 Å². The number of thiophene rings is 1. The maximum Gasteiger partial charge on any atom is 0.202 e. The van der Waals surface area contributed by atoms with E-state index in [1.165, 1.54) is 11.6 Å². The molecular formula is C17H15FN4S. The average molecular weight is 326 g/mol. The van der Waals surface area contributed by atoms with Crippen molar-refractivity contribution in [3.8, 4) is 0 Å². The summed E-state index contributed by atoms with van der Waals surface area (Å²) in [5, 5.41) is 10.4. The fourth-order valence-electron chi connectivity index (χ4n) is 2.85. The Hall–Kier alpha value is -2.21. The normalized spacial score (nSPS) is 19.5. The summed E-state index contributed by atoms with van der Waals surface area (Å²) in [6.45, 7) is 6.35. The lowest BCUT2D eigenvalue weighted by atomic mass is 9.81. The number of benzene rings is 1. The molecule has 6 heteroatoms. The summed E-state index contributed by atoms with van der Waals surface area (Å²) in [5.74, 6) is 0.290. The molecular weight excluding hydrogens is 311 g/mol. The molecule has 0 aliphatic carbocycles. The molecule has 4 rings (SSSR count). The van der Waals surface area contributed by atoms with Crippen molar-refractivity contribution in [3.63, 3.8) is 0 Å².